The molecule has 3 heterocycles. The van der Waals surface area contributed by atoms with Gasteiger partial charge in [0.1, 0.15) is 0 Å². The quantitative estimate of drug-likeness (QED) is 0.671. The van der Waals surface area contributed by atoms with E-state index in [0.717, 1.165) is 42.4 Å². The van der Waals surface area contributed by atoms with Gasteiger partial charge in [0.15, 0.2) is 5.17 Å². The number of nitrogens with zero attached hydrogens (tertiary/aromatic N) is 3. The molecule has 0 spiro atoms. The number of carbonyl (C=O) groups excluding carboxylic acids is 2. The minimum Gasteiger partial charge on any atom is -0.466 e. The summed E-state index contributed by atoms with van der Waals surface area (Å²) in [5, 5.41) is 3.34. The van der Waals surface area contributed by atoms with Crippen LogP contribution in [-0.4, -0.2) is 47.0 Å². The molecule has 1 amide bonds. The second kappa shape index (κ2) is 8.24. The highest BCUT2D eigenvalue weighted by atomic mass is 35.5. The van der Waals surface area contributed by atoms with Gasteiger partial charge >= 0.3 is 5.97 Å². The summed E-state index contributed by atoms with van der Waals surface area (Å²) in [7, 11) is 1.37. The number of halogens is 1. The fourth-order valence-electron chi connectivity index (χ4n) is 3.93. The average molecular weight is 432 g/mol. The van der Waals surface area contributed by atoms with Gasteiger partial charge in [-0.1, -0.05) is 35.5 Å². The summed E-state index contributed by atoms with van der Waals surface area (Å²) in [6.07, 6.45) is 2.39. The van der Waals surface area contributed by atoms with Gasteiger partial charge in [-0.15, -0.1) is 0 Å². The van der Waals surface area contributed by atoms with Crippen molar-refractivity contribution in [2.45, 2.75) is 32.2 Å². The van der Waals surface area contributed by atoms with Crippen molar-refractivity contribution >= 4 is 40.4 Å². The minimum atomic E-state index is -0.424. The van der Waals surface area contributed by atoms with Crippen LogP contribution in [0.3, 0.4) is 0 Å². The summed E-state index contributed by atoms with van der Waals surface area (Å²) < 4.78 is 5.06. The lowest BCUT2D eigenvalue weighted by molar-refractivity contribution is -0.136. The number of aliphatic imine (C=N–C) groups is 1. The first kappa shape index (κ1) is 20.0. The number of amides is 1. The predicted octanol–water partition coefficient (Wildman–Crippen LogP) is 4.10. The predicted molar refractivity (Wildman–Crippen MR) is 114 cm³/mol. The van der Waals surface area contributed by atoms with Gasteiger partial charge in [0, 0.05) is 23.8 Å². The molecule has 1 aromatic carbocycles. The average Bonchev–Trinajstić information content (AvgIpc) is 3.38. The number of ether oxygens (including phenoxy) is 1. The first-order valence-corrected chi connectivity index (χ1v) is 10.8. The van der Waals surface area contributed by atoms with Crippen LogP contribution in [-0.2, 0) is 14.3 Å². The Balaban J connectivity index is 1.71. The normalized spacial score (nSPS) is 21.1. The van der Waals surface area contributed by atoms with E-state index in [0.29, 0.717) is 16.3 Å². The van der Waals surface area contributed by atoms with E-state index in [9.17, 15) is 9.59 Å². The molecule has 0 N–H and O–H groups in total. The van der Waals surface area contributed by atoms with Crippen LogP contribution >= 0.6 is 23.4 Å². The van der Waals surface area contributed by atoms with Crippen molar-refractivity contribution in [3.05, 3.63) is 57.2 Å². The molecule has 0 radical (unpaired) electrons. The van der Waals surface area contributed by atoms with Crippen LogP contribution in [0.5, 0.6) is 0 Å². The van der Waals surface area contributed by atoms with E-state index in [1.165, 1.54) is 18.9 Å². The number of allylic oxidation sites excluding steroid dienone is 1. The molecular formula is C21H22ClN3O3S. The van der Waals surface area contributed by atoms with Gasteiger partial charge in [-0.2, -0.15) is 0 Å². The largest absolute Gasteiger partial charge is 0.466 e. The van der Waals surface area contributed by atoms with Gasteiger partial charge < -0.3 is 14.5 Å². The Labute approximate surface area is 179 Å². The van der Waals surface area contributed by atoms with Crippen LogP contribution in [0.2, 0.25) is 5.02 Å². The summed E-state index contributed by atoms with van der Waals surface area (Å²) in [4.78, 5) is 34.0. The highest BCUT2D eigenvalue weighted by Gasteiger charge is 2.41. The number of methoxy groups -OCH3 is 1. The van der Waals surface area contributed by atoms with Gasteiger partial charge in [0.05, 0.1) is 30.8 Å². The Morgan fingerprint density at radius 3 is 2.59 bits per heavy atom. The Hall–Kier alpha value is -2.25. The summed E-state index contributed by atoms with van der Waals surface area (Å²) in [5.41, 5.74) is 2.83. The fraction of sp³-hybridized carbons (Fsp3) is 0.381. The van der Waals surface area contributed by atoms with Gasteiger partial charge in [0.25, 0.3) is 0 Å². The van der Waals surface area contributed by atoms with Crippen molar-refractivity contribution in [2.24, 2.45) is 4.99 Å². The van der Waals surface area contributed by atoms with Crippen molar-refractivity contribution in [1.29, 1.82) is 0 Å². The van der Waals surface area contributed by atoms with Crippen molar-refractivity contribution in [1.82, 2.24) is 9.80 Å². The molecule has 4 rings (SSSR count). The van der Waals surface area contributed by atoms with E-state index in [2.05, 4.69) is 4.99 Å². The van der Waals surface area contributed by atoms with Crippen LogP contribution in [0.15, 0.2) is 51.6 Å². The molecule has 1 unspecified atom stereocenters. The molecule has 1 fully saturated rings. The lowest BCUT2D eigenvalue weighted by atomic mass is 9.94. The van der Waals surface area contributed by atoms with Crippen LogP contribution < -0.4 is 0 Å². The van der Waals surface area contributed by atoms with E-state index < -0.39 is 12.0 Å². The molecule has 3 aliphatic heterocycles. The number of amidine groups is 1. The Morgan fingerprint density at radius 2 is 1.93 bits per heavy atom. The molecule has 6 nitrogen and oxygen atoms in total. The van der Waals surface area contributed by atoms with Crippen molar-refractivity contribution < 1.29 is 14.3 Å². The molecule has 0 saturated carbocycles. The number of hydrogen-bond acceptors (Lipinski definition) is 6. The molecule has 1 aromatic rings. The SMILES string of the molecule is COC(=O)C1=C(C)N=C2SC=C(CC(=O)N3CCCC3)N2C1c1ccc(Cl)cc1. The van der Waals surface area contributed by atoms with Gasteiger partial charge in [-0.05, 0) is 42.9 Å². The standard InChI is InChI=1S/C21H22ClN3O3S/c1-13-18(20(27)28-2)19(14-5-7-15(22)8-6-14)25-16(12-29-21(25)23-13)11-17(26)24-9-3-4-10-24/h5-8,12,19H,3-4,9-11H2,1-2H3. The fourth-order valence-corrected chi connectivity index (χ4v) is 5.02. The second-order valence-corrected chi connectivity index (χ2v) is 8.47. The monoisotopic (exact) mass is 431 g/mol. The molecule has 0 aromatic heterocycles. The number of thioether (sulfide) groups is 1. The lowest BCUT2D eigenvalue weighted by Gasteiger charge is -2.36. The van der Waals surface area contributed by atoms with Crippen molar-refractivity contribution in [2.75, 3.05) is 20.2 Å². The molecule has 3 aliphatic rings. The Bertz CT molecular complexity index is 933. The lowest BCUT2D eigenvalue weighted by Crippen LogP contribution is -2.38. The molecule has 8 heteroatoms. The second-order valence-electron chi connectivity index (χ2n) is 7.20. The van der Waals surface area contributed by atoms with Crippen LogP contribution in [0.4, 0.5) is 0 Å². The third-order valence-electron chi connectivity index (χ3n) is 5.38. The van der Waals surface area contributed by atoms with Gasteiger partial charge in [-0.3, -0.25) is 4.79 Å². The van der Waals surface area contributed by atoms with Gasteiger partial charge in [-0.25, -0.2) is 9.79 Å². The first-order chi connectivity index (χ1) is 14.0. The number of hydrogen-bond donors (Lipinski definition) is 0. The zero-order chi connectivity index (χ0) is 20.5. The van der Waals surface area contributed by atoms with Crippen molar-refractivity contribution in [3.8, 4) is 0 Å². The van der Waals surface area contributed by atoms with E-state index in [4.69, 9.17) is 16.3 Å². The number of rotatable bonds is 4. The highest BCUT2D eigenvalue weighted by Crippen LogP contribution is 2.45. The third-order valence-corrected chi connectivity index (χ3v) is 6.52. The molecular weight excluding hydrogens is 410 g/mol. The van der Waals surface area contributed by atoms with Crippen LogP contribution in [0.1, 0.15) is 37.8 Å². The van der Waals surface area contributed by atoms with E-state index >= 15 is 0 Å². The number of likely N-dealkylation sites (tertiary alicyclic amines) is 1. The highest BCUT2D eigenvalue weighted by molar-refractivity contribution is 8.16. The van der Waals surface area contributed by atoms with E-state index in [1.807, 2.05) is 34.3 Å². The van der Waals surface area contributed by atoms with E-state index in [1.54, 1.807) is 12.1 Å². The molecule has 1 saturated heterocycles. The topological polar surface area (TPSA) is 62.2 Å². The van der Waals surface area contributed by atoms with Gasteiger partial charge in [0.2, 0.25) is 5.91 Å². The smallest absolute Gasteiger partial charge is 0.338 e. The Morgan fingerprint density at radius 1 is 1.24 bits per heavy atom. The summed E-state index contributed by atoms with van der Waals surface area (Å²) in [5.74, 6) is -0.316. The first-order valence-electron chi connectivity index (χ1n) is 9.55. The zero-order valence-electron chi connectivity index (χ0n) is 16.4. The van der Waals surface area contributed by atoms with Crippen LogP contribution in [0, 0.1) is 0 Å². The maximum atomic E-state index is 12.8. The molecule has 29 heavy (non-hydrogen) atoms. The molecule has 152 valence electrons. The Kier molecular flexibility index (Phi) is 5.69. The van der Waals surface area contributed by atoms with Crippen LogP contribution in [0.25, 0.3) is 0 Å². The maximum Gasteiger partial charge on any atom is 0.338 e. The molecule has 0 aliphatic carbocycles. The minimum absolute atomic E-state index is 0.108. The number of fused-ring (bicyclic) bond motifs is 1. The maximum absolute atomic E-state index is 12.8. The number of benzene rings is 1. The van der Waals surface area contributed by atoms with Crippen molar-refractivity contribution in [3.63, 3.8) is 0 Å². The zero-order valence-corrected chi connectivity index (χ0v) is 17.9. The third kappa shape index (κ3) is 3.81. The number of esters is 1. The summed E-state index contributed by atoms with van der Waals surface area (Å²) in [6, 6.07) is 6.98. The summed E-state index contributed by atoms with van der Waals surface area (Å²) in [6.45, 7) is 3.44. The molecule has 0 bridgehead atoms. The molecule has 1 atom stereocenters. The number of carbonyl (C=O) groups is 2. The van der Waals surface area contributed by atoms with E-state index in [-0.39, 0.29) is 12.3 Å². The summed E-state index contributed by atoms with van der Waals surface area (Å²) >= 11 is 7.56.